The number of hydrogen-bond acceptors (Lipinski definition) is 3. The van der Waals surface area contributed by atoms with E-state index in [1.807, 2.05) is 32.9 Å². The summed E-state index contributed by atoms with van der Waals surface area (Å²) in [4.78, 5) is 13.5. The van der Waals surface area contributed by atoms with Crippen LogP contribution in [0.3, 0.4) is 0 Å². The maximum absolute atomic E-state index is 11.9. The lowest BCUT2D eigenvalue weighted by Gasteiger charge is -2.34. The van der Waals surface area contributed by atoms with Crippen molar-refractivity contribution in [3.63, 3.8) is 0 Å². The molecule has 2 rings (SSSR count). The zero-order valence-corrected chi connectivity index (χ0v) is 22.5. The van der Waals surface area contributed by atoms with Crippen molar-refractivity contribution < 1.29 is 14.6 Å². The minimum Gasteiger partial charge on any atom is -0.491 e. The second kappa shape index (κ2) is 11.2. The first-order valence-electron chi connectivity index (χ1n) is 12.3. The SMILES string of the molecule is CCC(CC)(c1ccc(C=CC(=O)N(C)C)c(C)c1)c1ccc(OCC(O)C(C)(C)C)c(C)c1. The molecule has 34 heavy (non-hydrogen) atoms. The lowest BCUT2D eigenvalue weighted by atomic mass is 9.70. The van der Waals surface area contributed by atoms with Crippen LogP contribution in [0.1, 0.15) is 75.3 Å². The van der Waals surface area contributed by atoms with Crippen molar-refractivity contribution in [2.75, 3.05) is 20.7 Å². The van der Waals surface area contributed by atoms with Crippen molar-refractivity contribution >= 4 is 12.0 Å². The summed E-state index contributed by atoms with van der Waals surface area (Å²) in [5, 5.41) is 10.3. The monoisotopic (exact) mass is 465 g/mol. The predicted molar refractivity (Wildman–Crippen MR) is 142 cm³/mol. The minimum absolute atomic E-state index is 0.0206. The highest BCUT2D eigenvalue weighted by molar-refractivity contribution is 5.91. The van der Waals surface area contributed by atoms with E-state index in [1.54, 1.807) is 25.1 Å². The van der Waals surface area contributed by atoms with Crippen molar-refractivity contribution in [1.82, 2.24) is 4.90 Å². The molecule has 0 aliphatic rings. The van der Waals surface area contributed by atoms with Gasteiger partial charge in [0.1, 0.15) is 12.4 Å². The molecule has 4 heteroatoms. The van der Waals surface area contributed by atoms with E-state index in [4.69, 9.17) is 4.74 Å². The Kier molecular flexibility index (Phi) is 9.13. The summed E-state index contributed by atoms with van der Waals surface area (Å²) in [6.45, 7) is 15.0. The fraction of sp³-hybridized carbons (Fsp3) is 0.500. The van der Waals surface area contributed by atoms with Gasteiger partial charge in [0.15, 0.2) is 0 Å². The fourth-order valence-electron chi connectivity index (χ4n) is 4.23. The van der Waals surface area contributed by atoms with Gasteiger partial charge >= 0.3 is 0 Å². The molecule has 0 aliphatic heterocycles. The smallest absolute Gasteiger partial charge is 0.246 e. The van der Waals surface area contributed by atoms with Crippen LogP contribution in [0, 0.1) is 19.3 Å². The molecule has 1 N–H and O–H groups in total. The van der Waals surface area contributed by atoms with E-state index < -0.39 is 6.10 Å². The second-order valence-corrected chi connectivity index (χ2v) is 10.6. The number of amides is 1. The van der Waals surface area contributed by atoms with E-state index in [-0.39, 0.29) is 23.3 Å². The molecule has 0 heterocycles. The average molecular weight is 466 g/mol. The molecular formula is C30H43NO3. The standard InChI is InChI=1S/C30H43NO3/c1-10-30(11-2,24-14-12-23(21(3)18-24)13-17-28(33)31(8)9)25-15-16-26(22(4)19-25)34-20-27(32)29(5,6)7/h12-19,27,32H,10-11,20H2,1-9H3. The lowest BCUT2D eigenvalue weighted by Crippen LogP contribution is -2.32. The Balaban J connectivity index is 2.36. The molecule has 186 valence electrons. The molecule has 1 unspecified atom stereocenters. The van der Waals surface area contributed by atoms with Crippen LogP contribution in [0.5, 0.6) is 5.75 Å². The van der Waals surface area contributed by atoms with Crippen molar-refractivity contribution in [1.29, 1.82) is 0 Å². The van der Waals surface area contributed by atoms with Crippen LogP contribution in [-0.4, -0.2) is 42.7 Å². The van der Waals surface area contributed by atoms with Crippen molar-refractivity contribution in [3.05, 3.63) is 70.3 Å². The summed E-state index contributed by atoms with van der Waals surface area (Å²) in [6.07, 6.45) is 4.93. The Morgan fingerprint density at radius 3 is 2.03 bits per heavy atom. The normalized spacial score (nSPS) is 13.2. The number of carbonyl (C=O) groups is 1. The van der Waals surface area contributed by atoms with Crippen LogP contribution in [-0.2, 0) is 10.2 Å². The first-order chi connectivity index (χ1) is 15.9. The zero-order chi connectivity index (χ0) is 25.7. The molecule has 1 amide bonds. The van der Waals surface area contributed by atoms with Crippen molar-refractivity contribution in [2.24, 2.45) is 5.41 Å². The van der Waals surface area contributed by atoms with Crippen molar-refractivity contribution in [3.8, 4) is 5.75 Å². The van der Waals surface area contributed by atoms with E-state index in [0.717, 1.165) is 35.3 Å². The summed E-state index contributed by atoms with van der Waals surface area (Å²) in [6, 6.07) is 13.0. The van der Waals surface area contributed by atoms with E-state index in [2.05, 4.69) is 58.0 Å². The van der Waals surface area contributed by atoms with Crippen LogP contribution in [0.15, 0.2) is 42.5 Å². The van der Waals surface area contributed by atoms with Crippen LogP contribution < -0.4 is 4.74 Å². The number of aliphatic hydroxyl groups excluding tert-OH is 1. The number of carbonyl (C=O) groups excluding carboxylic acids is 1. The van der Waals surface area contributed by atoms with Gasteiger partial charge in [-0.15, -0.1) is 0 Å². The molecule has 0 aliphatic carbocycles. The van der Waals surface area contributed by atoms with Crippen molar-refractivity contribution in [2.45, 2.75) is 72.8 Å². The number of hydrogen-bond donors (Lipinski definition) is 1. The first kappa shape index (κ1) is 27.7. The Hall–Kier alpha value is -2.59. The molecule has 0 aromatic heterocycles. The van der Waals surface area contributed by atoms with Gasteiger partial charge in [-0.05, 0) is 72.1 Å². The molecule has 0 saturated heterocycles. The summed E-state index contributed by atoms with van der Waals surface area (Å²) >= 11 is 0. The number of rotatable bonds is 9. The number of aliphatic hydroxyl groups is 1. The molecule has 2 aromatic rings. The summed E-state index contributed by atoms with van der Waals surface area (Å²) < 4.78 is 5.97. The molecule has 0 fully saturated rings. The molecule has 0 bridgehead atoms. The zero-order valence-electron chi connectivity index (χ0n) is 22.5. The van der Waals surface area contributed by atoms with E-state index >= 15 is 0 Å². The number of nitrogens with zero attached hydrogens (tertiary/aromatic N) is 1. The quantitative estimate of drug-likeness (QED) is 0.442. The molecule has 0 radical (unpaired) electrons. The van der Waals surface area contributed by atoms with Gasteiger partial charge in [0.2, 0.25) is 5.91 Å². The molecule has 1 atom stereocenters. The van der Waals surface area contributed by atoms with E-state index in [9.17, 15) is 9.90 Å². The molecule has 0 spiro atoms. The highest BCUT2D eigenvalue weighted by Crippen LogP contribution is 2.41. The molecule has 4 nitrogen and oxygen atoms in total. The van der Waals surface area contributed by atoms with E-state index in [1.165, 1.54) is 11.1 Å². The molecule has 2 aromatic carbocycles. The number of benzene rings is 2. The third kappa shape index (κ3) is 6.29. The lowest BCUT2D eigenvalue weighted by molar-refractivity contribution is -0.123. The Morgan fingerprint density at radius 1 is 1.00 bits per heavy atom. The highest BCUT2D eigenvalue weighted by Gasteiger charge is 2.31. The topological polar surface area (TPSA) is 49.8 Å². The van der Waals surface area contributed by atoms with Gasteiger partial charge in [-0.2, -0.15) is 0 Å². The maximum Gasteiger partial charge on any atom is 0.246 e. The predicted octanol–water partition coefficient (Wildman–Crippen LogP) is 6.30. The van der Waals surface area contributed by atoms with Crippen LogP contribution in [0.2, 0.25) is 0 Å². The summed E-state index contributed by atoms with van der Waals surface area (Å²) in [7, 11) is 3.51. The summed E-state index contributed by atoms with van der Waals surface area (Å²) in [5.74, 6) is 0.795. The maximum atomic E-state index is 11.9. The first-order valence-corrected chi connectivity index (χ1v) is 12.3. The van der Waals surface area contributed by atoms with E-state index in [0.29, 0.717) is 0 Å². The highest BCUT2D eigenvalue weighted by atomic mass is 16.5. The van der Waals surface area contributed by atoms with Crippen LogP contribution in [0.25, 0.3) is 6.08 Å². The van der Waals surface area contributed by atoms with Gasteiger partial charge in [0.05, 0.1) is 6.10 Å². The van der Waals surface area contributed by atoms with Gasteiger partial charge < -0.3 is 14.7 Å². The van der Waals surface area contributed by atoms with Gasteiger partial charge in [-0.1, -0.05) is 65.0 Å². The molecular weight excluding hydrogens is 422 g/mol. The minimum atomic E-state index is -0.527. The summed E-state index contributed by atoms with van der Waals surface area (Å²) in [5.41, 5.74) is 5.50. The Labute approximate surface area is 206 Å². The van der Waals surface area contributed by atoms with Gasteiger partial charge in [0, 0.05) is 25.6 Å². The number of aryl methyl sites for hydroxylation is 2. The number of likely N-dealkylation sites (N-methyl/N-ethyl adjacent to an activating group) is 1. The van der Waals surface area contributed by atoms with Crippen LogP contribution in [0.4, 0.5) is 0 Å². The number of ether oxygens (including phenoxy) is 1. The van der Waals surface area contributed by atoms with Gasteiger partial charge in [-0.25, -0.2) is 0 Å². The third-order valence-electron chi connectivity index (χ3n) is 7.00. The fourth-order valence-corrected chi connectivity index (χ4v) is 4.23. The Bertz CT molecular complexity index is 1010. The van der Waals surface area contributed by atoms with Crippen LogP contribution >= 0.6 is 0 Å². The molecule has 0 saturated carbocycles. The van der Waals surface area contributed by atoms with Gasteiger partial charge in [-0.3, -0.25) is 4.79 Å². The third-order valence-corrected chi connectivity index (χ3v) is 7.00. The average Bonchev–Trinajstić information content (AvgIpc) is 2.78. The van der Waals surface area contributed by atoms with Gasteiger partial charge in [0.25, 0.3) is 0 Å². The second-order valence-electron chi connectivity index (χ2n) is 10.6. The Morgan fingerprint density at radius 2 is 1.56 bits per heavy atom. The largest absolute Gasteiger partial charge is 0.491 e.